The average Bonchev–Trinajstić information content (AvgIpc) is 2.45. The van der Waals surface area contributed by atoms with Crippen LogP contribution in [0.25, 0.3) is 0 Å². The second-order valence-corrected chi connectivity index (χ2v) is 7.07. The van der Waals surface area contributed by atoms with E-state index in [0.717, 1.165) is 5.69 Å². The highest BCUT2D eigenvalue weighted by Crippen LogP contribution is 2.18. The van der Waals surface area contributed by atoms with Crippen LogP contribution in [0.5, 0.6) is 0 Å². The minimum absolute atomic E-state index is 0. The van der Waals surface area contributed by atoms with E-state index in [0.29, 0.717) is 25.0 Å². The molecule has 1 aromatic carbocycles. The van der Waals surface area contributed by atoms with Crippen LogP contribution >= 0.6 is 24.0 Å². The topological polar surface area (TPSA) is 80.0 Å². The number of ether oxygens (including phenoxy) is 1. The van der Waals surface area contributed by atoms with Gasteiger partial charge in [-0.05, 0) is 44.4 Å². The van der Waals surface area contributed by atoms with Crippen molar-refractivity contribution in [3.8, 4) is 0 Å². The zero-order chi connectivity index (χ0) is 18.3. The quantitative estimate of drug-likeness (QED) is 0.394. The molecule has 0 heterocycles. The molecule has 0 saturated heterocycles. The molecule has 0 unspecified atom stereocenters. The van der Waals surface area contributed by atoms with E-state index in [1.165, 1.54) is 10.5 Å². The fourth-order valence-corrected chi connectivity index (χ4v) is 1.91. The number of carbonyl (C=O) groups is 1. The Labute approximate surface area is 168 Å². The Morgan fingerprint density at radius 1 is 1.36 bits per heavy atom. The first-order valence-electron chi connectivity index (χ1n) is 8.19. The Hall–Kier alpha value is -1.51. The number of nitrogens with two attached hydrogens (primary N) is 1. The molecular formula is C18H31IN4O2. The first-order chi connectivity index (χ1) is 11.1. The first kappa shape index (κ1) is 23.5. The van der Waals surface area contributed by atoms with Gasteiger partial charge < -0.3 is 20.7 Å². The summed E-state index contributed by atoms with van der Waals surface area (Å²) in [5, 5.41) is 3.07. The molecule has 25 heavy (non-hydrogen) atoms. The third-order valence-electron chi connectivity index (χ3n) is 3.25. The van der Waals surface area contributed by atoms with Gasteiger partial charge in [-0.3, -0.25) is 4.99 Å². The lowest BCUT2D eigenvalue weighted by Crippen LogP contribution is -2.36. The summed E-state index contributed by atoms with van der Waals surface area (Å²) in [4.78, 5) is 17.6. The van der Waals surface area contributed by atoms with Crippen molar-refractivity contribution >= 4 is 41.7 Å². The highest BCUT2D eigenvalue weighted by Gasteiger charge is 2.19. The van der Waals surface area contributed by atoms with Crippen molar-refractivity contribution in [2.75, 3.05) is 25.5 Å². The van der Waals surface area contributed by atoms with Crippen molar-refractivity contribution in [2.45, 2.75) is 46.1 Å². The van der Waals surface area contributed by atoms with E-state index in [4.69, 9.17) is 10.5 Å². The van der Waals surface area contributed by atoms with Crippen LogP contribution < -0.4 is 11.1 Å². The van der Waals surface area contributed by atoms with Crippen molar-refractivity contribution in [2.24, 2.45) is 10.7 Å². The van der Waals surface area contributed by atoms with Crippen LogP contribution in [0.3, 0.4) is 0 Å². The van der Waals surface area contributed by atoms with E-state index in [-0.39, 0.29) is 30.1 Å². The molecule has 0 aliphatic heterocycles. The highest BCUT2D eigenvalue weighted by molar-refractivity contribution is 14.0. The van der Waals surface area contributed by atoms with Crippen LogP contribution in [-0.2, 0) is 4.74 Å². The van der Waals surface area contributed by atoms with Crippen molar-refractivity contribution in [3.05, 3.63) is 29.8 Å². The molecule has 0 bridgehead atoms. The molecule has 7 heteroatoms. The first-order valence-corrected chi connectivity index (χ1v) is 8.19. The molecule has 0 spiro atoms. The lowest BCUT2D eigenvalue weighted by molar-refractivity contribution is 0.0304. The third kappa shape index (κ3) is 9.52. The Morgan fingerprint density at radius 3 is 2.56 bits per heavy atom. The van der Waals surface area contributed by atoms with Crippen LogP contribution in [0.4, 0.5) is 10.5 Å². The molecule has 0 atom stereocenters. The number of nitrogens with one attached hydrogen (secondary N) is 1. The number of hydrogen-bond donors (Lipinski definition) is 2. The Morgan fingerprint density at radius 2 is 2.00 bits per heavy atom. The van der Waals surface area contributed by atoms with E-state index < -0.39 is 5.60 Å². The number of aliphatic imine (C=N–C) groups is 1. The fourth-order valence-electron chi connectivity index (χ4n) is 1.91. The predicted octanol–water partition coefficient (Wildman–Crippen LogP) is 4.02. The van der Waals surface area contributed by atoms with Gasteiger partial charge in [-0.25, -0.2) is 4.79 Å². The zero-order valence-corrected chi connectivity index (χ0v) is 18.3. The molecule has 6 nitrogen and oxygen atoms in total. The van der Waals surface area contributed by atoms with Crippen LogP contribution in [-0.4, -0.2) is 42.7 Å². The van der Waals surface area contributed by atoms with E-state index in [1.807, 2.05) is 32.9 Å². The Bertz CT molecular complexity index is 583. The summed E-state index contributed by atoms with van der Waals surface area (Å²) in [6.45, 7) is 10.6. The lowest BCUT2D eigenvalue weighted by Gasteiger charge is -2.24. The van der Waals surface area contributed by atoms with E-state index in [1.54, 1.807) is 7.05 Å². The maximum absolute atomic E-state index is 11.8. The number of hydrogen-bond acceptors (Lipinski definition) is 3. The molecule has 0 aliphatic rings. The maximum Gasteiger partial charge on any atom is 0.410 e. The number of amides is 1. The van der Waals surface area contributed by atoms with Gasteiger partial charge in [0.2, 0.25) is 0 Å². The van der Waals surface area contributed by atoms with E-state index in [2.05, 4.69) is 36.3 Å². The smallest absolute Gasteiger partial charge is 0.410 e. The largest absolute Gasteiger partial charge is 0.444 e. The molecule has 0 aromatic heterocycles. The highest BCUT2D eigenvalue weighted by atomic mass is 127. The van der Waals surface area contributed by atoms with Gasteiger partial charge in [0.15, 0.2) is 5.96 Å². The summed E-state index contributed by atoms with van der Waals surface area (Å²) in [5.74, 6) is 0.779. The summed E-state index contributed by atoms with van der Waals surface area (Å²) < 4.78 is 5.28. The molecule has 1 aromatic rings. The number of halogens is 1. The summed E-state index contributed by atoms with van der Waals surface area (Å²) in [5.41, 5.74) is 7.54. The number of rotatable bonds is 5. The number of likely N-dealkylation sites (N-methyl/N-ethyl adjacent to an activating group) is 1. The normalized spacial score (nSPS) is 11.7. The molecule has 0 aliphatic carbocycles. The second kappa shape index (κ2) is 10.5. The molecule has 3 N–H and O–H groups in total. The number of benzene rings is 1. The third-order valence-corrected chi connectivity index (χ3v) is 3.25. The van der Waals surface area contributed by atoms with Crippen LogP contribution in [0.2, 0.25) is 0 Å². The van der Waals surface area contributed by atoms with E-state index in [9.17, 15) is 4.79 Å². The molecule has 1 rings (SSSR count). The molecule has 1 amide bonds. The Balaban J connectivity index is 0.00000576. The van der Waals surface area contributed by atoms with Gasteiger partial charge in [-0.15, -0.1) is 24.0 Å². The minimum Gasteiger partial charge on any atom is -0.444 e. The van der Waals surface area contributed by atoms with Crippen molar-refractivity contribution in [3.63, 3.8) is 0 Å². The van der Waals surface area contributed by atoms with Gasteiger partial charge in [-0.1, -0.05) is 26.0 Å². The van der Waals surface area contributed by atoms with Gasteiger partial charge >= 0.3 is 6.09 Å². The molecule has 0 fully saturated rings. The van der Waals surface area contributed by atoms with Crippen molar-refractivity contribution in [1.82, 2.24) is 4.90 Å². The van der Waals surface area contributed by atoms with Gasteiger partial charge in [0.25, 0.3) is 0 Å². The second-order valence-electron chi connectivity index (χ2n) is 7.07. The van der Waals surface area contributed by atoms with Gasteiger partial charge in [0.1, 0.15) is 5.60 Å². The molecule has 0 radical (unpaired) electrons. The average molecular weight is 462 g/mol. The number of guanidine groups is 1. The number of anilines is 1. The Kier molecular flexibility index (Phi) is 9.84. The molecule has 0 saturated carbocycles. The zero-order valence-electron chi connectivity index (χ0n) is 16.0. The minimum atomic E-state index is -0.503. The summed E-state index contributed by atoms with van der Waals surface area (Å²) >= 11 is 0. The summed E-state index contributed by atoms with van der Waals surface area (Å²) in [6, 6.07) is 8.07. The van der Waals surface area contributed by atoms with E-state index >= 15 is 0 Å². The number of nitrogens with zero attached hydrogens (tertiary/aromatic N) is 2. The van der Waals surface area contributed by atoms with Crippen molar-refractivity contribution in [1.29, 1.82) is 0 Å². The van der Waals surface area contributed by atoms with Crippen LogP contribution in [0.15, 0.2) is 29.3 Å². The molecular weight excluding hydrogens is 431 g/mol. The summed E-state index contributed by atoms with van der Waals surface area (Å²) in [6.07, 6.45) is -0.367. The summed E-state index contributed by atoms with van der Waals surface area (Å²) in [7, 11) is 1.68. The van der Waals surface area contributed by atoms with Crippen LogP contribution in [0.1, 0.15) is 46.1 Å². The predicted molar refractivity (Wildman–Crippen MR) is 115 cm³/mol. The van der Waals surface area contributed by atoms with Gasteiger partial charge in [-0.2, -0.15) is 0 Å². The standard InChI is InChI=1S/C18H30N4O2.HI/c1-13(2)14-8-7-9-15(12-14)21-16(19)20-10-11-22(6)17(23)24-18(3,4)5;/h7-9,12-13H,10-11H2,1-6H3,(H3,19,20,21);1H. The van der Waals surface area contributed by atoms with Gasteiger partial charge in [0.05, 0.1) is 6.54 Å². The monoisotopic (exact) mass is 462 g/mol. The lowest BCUT2D eigenvalue weighted by atomic mass is 10.0. The fraction of sp³-hybridized carbons (Fsp3) is 0.556. The molecule has 142 valence electrons. The maximum atomic E-state index is 11.8. The van der Waals surface area contributed by atoms with Crippen molar-refractivity contribution < 1.29 is 9.53 Å². The van der Waals surface area contributed by atoms with Crippen LogP contribution in [0, 0.1) is 0 Å². The number of carbonyl (C=O) groups excluding carboxylic acids is 1. The SMILES string of the molecule is CC(C)c1cccc(NC(N)=NCCN(C)C(=O)OC(C)(C)C)c1.I. The van der Waals surface area contributed by atoms with Gasteiger partial charge in [0, 0.05) is 19.3 Å².